The Morgan fingerprint density at radius 3 is 2.51 bits per heavy atom. The quantitative estimate of drug-likeness (QED) is 0.639. The molecular formula is C24H33N9O2. The van der Waals surface area contributed by atoms with Crippen LogP contribution in [0, 0.1) is 0 Å². The molecule has 35 heavy (non-hydrogen) atoms. The van der Waals surface area contributed by atoms with Gasteiger partial charge in [0.05, 0.1) is 30.0 Å². The number of nitrogens with one attached hydrogen (secondary N) is 1. The lowest BCUT2D eigenvalue weighted by atomic mass is 9.88. The smallest absolute Gasteiger partial charge is 0.242 e. The van der Waals surface area contributed by atoms with Gasteiger partial charge in [-0.05, 0) is 39.7 Å². The highest BCUT2D eigenvalue weighted by atomic mass is 16.5. The molecule has 3 N–H and O–H groups in total. The molecule has 2 aromatic rings. The second-order valence-corrected chi connectivity index (χ2v) is 10.5. The second-order valence-electron chi connectivity index (χ2n) is 10.5. The number of rotatable bonds is 4. The van der Waals surface area contributed by atoms with Crippen molar-refractivity contribution in [2.24, 2.45) is 0 Å². The Morgan fingerprint density at radius 2 is 1.83 bits per heavy atom. The maximum atomic E-state index is 13.2. The zero-order chi connectivity index (χ0) is 24.2. The van der Waals surface area contributed by atoms with E-state index < -0.39 is 5.54 Å². The van der Waals surface area contributed by atoms with Crippen molar-refractivity contribution in [3.05, 3.63) is 18.0 Å². The van der Waals surface area contributed by atoms with Gasteiger partial charge in [0, 0.05) is 56.2 Å². The van der Waals surface area contributed by atoms with Crippen LogP contribution in [0.1, 0.15) is 32.3 Å². The van der Waals surface area contributed by atoms with E-state index in [0.717, 1.165) is 74.6 Å². The number of nitrogen functional groups attached to an aromatic ring is 1. The monoisotopic (exact) mass is 479 g/mol. The summed E-state index contributed by atoms with van der Waals surface area (Å²) in [6.45, 7) is 10.3. The summed E-state index contributed by atoms with van der Waals surface area (Å²) in [6.07, 6.45) is 6.11. The highest BCUT2D eigenvalue weighted by Gasteiger charge is 2.49. The minimum Gasteiger partial charge on any atom is -0.378 e. The summed E-state index contributed by atoms with van der Waals surface area (Å²) in [4.78, 5) is 38.3. The molecule has 0 radical (unpaired) electrons. The molecule has 6 rings (SSSR count). The molecule has 2 atom stereocenters. The summed E-state index contributed by atoms with van der Waals surface area (Å²) in [5.74, 6) is 2.11. The molecule has 6 heterocycles. The summed E-state index contributed by atoms with van der Waals surface area (Å²) in [5.41, 5.74) is 7.95. The maximum absolute atomic E-state index is 13.2. The fourth-order valence-electron chi connectivity index (χ4n) is 5.74. The molecule has 0 bridgehead atoms. The summed E-state index contributed by atoms with van der Waals surface area (Å²) in [6, 6.07) is 0. The zero-order valence-corrected chi connectivity index (χ0v) is 20.5. The van der Waals surface area contributed by atoms with Crippen molar-refractivity contribution < 1.29 is 9.53 Å². The van der Waals surface area contributed by atoms with Crippen molar-refractivity contribution in [1.29, 1.82) is 0 Å². The normalized spacial score (nSPS) is 28.2. The lowest BCUT2D eigenvalue weighted by Gasteiger charge is -2.42. The van der Waals surface area contributed by atoms with Gasteiger partial charge < -0.3 is 30.5 Å². The van der Waals surface area contributed by atoms with Gasteiger partial charge in [-0.15, -0.1) is 0 Å². The van der Waals surface area contributed by atoms with E-state index in [-0.39, 0.29) is 17.4 Å². The van der Waals surface area contributed by atoms with E-state index in [1.165, 1.54) is 0 Å². The van der Waals surface area contributed by atoms with Crippen LogP contribution < -0.4 is 20.9 Å². The predicted molar refractivity (Wildman–Crippen MR) is 132 cm³/mol. The fourth-order valence-corrected chi connectivity index (χ4v) is 5.74. The van der Waals surface area contributed by atoms with Crippen LogP contribution in [0.2, 0.25) is 0 Å². The molecule has 11 nitrogen and oxygen atoms in total. The van der Waals surface area contributed by atoms with E-state index in [4.69, 9.17) is 20.4 Å². The Labute approximate surface area is 205 Å². The summed E-state index contributed by atoms with van der Waals surface area (Å²) >= 11 is 0. The summed E-state index contributed by atoms with van der Waals surface area (Å²) in [7, 11) is 0. The van der Waals surface area contributed by atoms with E-state index in [9.17, 15) is 4.79 Å². The second kappa shape index (κ2) is 8.27. The third-order valence-corrected chi connectivity index (χ3v) is 8.06. The van der Waals surface area contributed by atoms with E-state index in [1.807, 2.05) is 11.8 Å². The van der Waals surface area contributed by atoms with Crippen molar-refractivity contribution in [2.75, 3.05) is 68.0 Å². The number of nitrogens with two attached hydrogens (primary N) is 1. The molecule has 186 valence electrons. The van der Waals surface area contributed by atoms with E-state index >= 15 is 0 Å². The van der Waals surface area contributed by atoms with Crippen molar-refractivity contribution in [3.8, 4) is 11.3 Å². The van der Waals surface area contributed by atoms with E-state index in [1.54, 1.807) is 12.4 Å². The largest absolute Gasteiger partial charge is 0.378 e. The van der Waals surface area contributed by atoms with Gasteiger partial charge in [-0.25, -0.2) is 15.0 Å². The molecule has 1 amide bonds. The Kier molecular flexibility index (Phi) is 5.29. The molecule has 0 aromatic carbocycles. The summed E-state index contributed by atoms with van der Waals surface area (Å²) < 4.78 is 5.55. The van der Waals surface area contributed by atoms with Crippen molar-refractivity contribution in [1.82, 2.24) is 30.2 Å². The molecule has 0 saturated carbocycles. The number of hydrogen-bond acceptors (Lipinski definition) is 10. The number of likely N-dealkylation sites (tertiary alicyclic amines) is 1. The van der Waals surface area contributed by atoms with Gasteiger partial charge in [-0.3, -0.25) is 4.79 Å². The molecule has 0 spiro atoms. The number of aromatic nitrogens is 4. The van der Waals surface area contributed by atoms with Crippen molar-refractivity contribution >= 4 is 23.6 Å². The number of amides is 1. The number of carbonyl (C=O) groups excluding carboxylic acids is 1. The number of morpholine rings is 1. The van der Waals surface area contributed by atoms with Gasteiger partial charge in [-0.1, -0.05) is 0 Å². The van der Waals surface area contributed by atoms with Crippen molar-refractivity contribution in [2.45, 2.75) is 44.2 Å². The lowest BCUT2D eigenvalue weighted by Crippen LogP contribution is -2.64. The van der Waals surface area contributed by atoms with Crippen LogP contribution in [0.3, 0.4) is 0 Å². The van der Waals surface area contributed by atoms with Gasteiger partial charge in [0.2, 0.25) is 17.8 Å². The van der Waals surface area contributed by atoms with Crippen LogP contribution in [0.4, 0.5) is 17.7 Å². The molecule has 3 fully saturated rings. The van der Waals surface area contributed by atoms with Crippen LogP contribution in [0.15, 0.2) is 12.4 Å². The van der Waals surface area contributed by atoms with Crippen LogP contribution in [0.5, 0.6) is 0 Å². The Bertz CT molecular complexity index is 1130. The maximum Gasteiger partial charge on any atom is 0.242 e. The standard InChI is InChI=1S/C24H33N9O2/c1-23(5-8-32(15-23)20(34)24(2)4-6-28-24)33-7-3-17-18(16-13-26-21(25)27-14-16)29-22(30-19(17)33)31-9-11-35-12-10-31/h13-14,28H,3-12,15H2,1-2H3,(H2,25,26,27)/t23-,24+/m0/s1. The minimum atomic E-state index is -0.415. The average Bonchev–Trinajstić information content (AvgIpc) is 3.47. The zero-order valence-electron chi connectivity index (χ0n) is 20.5. The van der Waals surface area contributed by atoms with Crippen LogP contribution >= 0.6 is 0 Å². The third kappa shape index (κ3) is 3.77. The first-order valence-electron chi connectivity index (χ1n) is 12.5. The van der Waals surface area contributed by atoms with Crippen LogP contribution in [0.25, 0.3) is 11.3 Å². The molecule has 0 aliphatic carbocycles. The summed E-state index contributed by atoms with van der Waals surface area (Å²) in [5, 5.41) is 3.32. The molecule has 4 aliphatic rings. The minimum absolute atomic E-state index is 0.188. The fraction of sp³-hybridized carbons (Fsp3) is 0.625. The first-order valence-corrected chi connectivity index (χ1v) is 12.5. The molecular weight excluding hydrogens is 446 g/mol. The Balaban J connectivity index is 1.35. The number of nitrogens with zero attached hydrogens (tertiary/aromatic N) is 7. The first kappa shape index (κ1) is 22.4. The third-order valence-electron chi connectivity index (χ3n) is 8.06. The molecule has 0 unspecified atom stereocenters. The lowest BCUT2D eigenvalue weighted by molar-refractivity contribution is -0.139. The van der Waals surface area contributed by atoms with E-state index in [0.29, 0.717) is 25.7 Å². The molecule has 4 aliphatic heterocycles. The predicted octanol–water partition coefficient (Wildman–Crippen LogP) is 0.458. The van der Waals surface area contributed by atoms with Crippen molar-refractivity contribution in [3.63, 3.8) is 0 Å². The highest BCUT2D eigenvalue weighted by Crippen LogP contribution is 2.42. The van der Waals surface area contributed by atoms with Crippen LogP contribution in [-0.4, -0.2) is 94.3 Å². The van der Waals surface area contributed by atoms with Gasteiger partial charge in [-0.2, -0.15) is 4.98 Å². The number of anilines is 3. The number of hydrogen-bond donors (Lipinski definition) is 2. The highest BCUT2D eigenvalue weighted by molar-refractivity contribution is 5.87. The number of fused-ring (bicyclic) bond motifs is 1. The van der Waals surface area contributed by atoms with Gasteiger partial charge in [0.15, 0.2) is 0 Å². The van der Waals surface area contributed by atoms with E-state index in [2.05, 4.69) is 32.0 Å². The Hall–Kier alpha value is -3.05. The van der Waals surface area contributed by atoms with Gasteiger partial charge >= 0.3 is 0 Å². The van der Waals surface area contributed by atoms with Gasteiger partial charge in [0.1, 0.15) is 5.82 Å². The topological polar surface area (TPSA) is 126 Å². The SMILES string of the molecule is C[C@]1(N2CCc3c(-c4cnc(N)nc4)nc(N4CCOCC4)nc32)CCN(C(=O)[C@@]2(C)CCN2)C1. The number of ether oxygens (including phenoxy) is 1. The van der Waals surface area contributed by atoms with Crippen LogP contribution in [-0.2, 0) is 16.0 Å². The molecule has 3 saturated heterocycles. The molecule has 2 aromatic heterocycles. The Morgan fingerprint density at radius 1 is 1.09 bits per heavy atom. The average molecular weight is 480 g/mol. The molecule has 11 heteroatoms. The number of carbonyl (C=O) groups is 1. The first-order chi connectivity index (χ1) is 16.9. The van der Waals surface area contributed by atoms with Gasteiger partial charge in [0.25, 0.3) is 0 Å².